The van der Waals surface area contributed by atoms with E-state index in [9.17, 15) is 9.59 Å². The molecule has 114 valence electrons. The zero-order valence-electron chi connectivity index (χ0n) is 12.8. The maximum absolute atomic E-state index is 12.8. The lowest BCUT2D eigenvalue weighted by Crippen LogP contribution is -2.53. The molecule has 2 N–H and O–H groups in total. The highest BCUT2D eigenvalue weighted by Crippen LogP contribution is 2.28. The molecule has 0 saturated heterocycles. The number of hydrogen-bond acceptors (Lipinski definition) is 2. The molecule has 2 rings (SSSR count). The van der Waals surface area contributed by atoms with Gasteiger partial charge in [-0.05, 0) is 30.9 Å². The minimum Gasteiger partial charge on any atom is -0.338 e. The molecule has 0 aromatic heterocycles. The summed E-state index contributed by atoms with van der Waals surface area (Å²) < 4.78 is 0. The predicted molar refractivity (Wildman–Crippen MR) is 83.3 cm³/mol. The Morgan fingerprint density at radius 3 is 2.67 bits per heavy atom. The van der Waals surface area contributed by atoms with E-state index in [-0.39, 0.29) is 17.9 Å². The van der Waals surface area contributed by atoms with Crippen LogP contribution >= 0.6 is 0 Å². The first-order chi connectivity index (χ1) is 10.0. The van der Waals surface area contributed by atoms with Gasteiger partial charge in [0.15, 0.2) is 0 Å². The van der Waals surface area contributed by atoms with Crippen molar-refractivity contribution in [3.63, 3.8) is 0 Å². The molecule has 0 radical (unpaired) electrons. The van der Waals surface area contributed by atoms with Crippen LogP contribution in [-0.2, 0) is 11.2 Å². The second kappa shape index (κ2) is 6.61. The monoisotopic (exact) mass is 289 g/mol. The van der Waals surface area contributed by atoms with Crippen LogP contribution in [-0.4, -0.2) is 31.1 Å². The number of nitrogens with zero attached hydrogens (tertiary/aromatic N) is 1. The molecule has 1 heterocycles. The van der Waals surface area contributed by atoms with Gasteiger partial charge in [-0.2, -0.15) is 0 Å². The molecule has 5 heteroatoms. The van der Waals surface area contributed by atoms with E-state index in [1.807, 2.05) is 45.0 Å². The van der Waals surface area contributed by atoms with Crippen LogP contribution in [0.25, 0.3) is 0 Å². The van der Waals surface area contributed by atoms with Crippen molar-refractivity contribution < 1.29 is 9.59 Å². The number of amides is 3. The summed E-state index contributed by atoms with van der Waals surface area (Å²) >= 11 is 0. The number of fused-ring (bicyclic) bond motifs is 1. The number of nitrogens with one attached hydrogen (secondary N) is 2. The van der Waals surface area contributed by atoms with Crippen molar-refractivity contribution in [2.24, 2.45) is 5.92 Å². The average molecular weight is 289 g/mol. The van der Waals surface area contributed by atoms with Crippen molar-refractivity contribution >= 4 is 17.6 Å². The second-order valence-corrected chi connectivity index (χ2v) is 5.59. The molecule has 0 bridgehead atoms. The molecule has 5 nitrogen and oxygen atoms in total. The van der Waals surface area contributed by atoms with Gasteiger partial charge < -0.3 is 15.5 Å². The van der Waals surface area contributed by atoms with E-state index in [4.69, 9.17) is 0 Å². The lowest BCUT2D eigenvalue weighted by molar-refractivity contribution is -0.121. The molecule has 0 unspecified atom stereocenters. The van der Waals surface area contributed by atoms with E-state index in [0.717, 1.165) is 12.1 Å². The molecule has 21 heavy (non-hydrogen) atoms. The van der Waals surface area contributed by atoms with Crippen molar-refractivity contribution in [1.82, 2.24) is 10.6 Å². The van der Waals surface area contributed by atoms with E-state index >= 15 is 0 Å². The van der Waals surface area contributed by atoms with E-state index in [0.29, 0.717) is 13.1 Å². The third-order valence-electron chi connectivity index (χ3n) is 3.71. The van der Waals surface area contributed by atoms with Crippen LogP contribution in [0.2, 0.25) is 0 Å². The number of para-hydroxylation sites is 1. The van der Waals surface area contributed by atoms with Gasteiger partial charge in [0.2, 0.25) is 5.91 Å². The minimum absolute atomic E-state index is 0.0351. The lowest BCUT2D eigenvalue weighted by Gasteiger charge is -2.27. The van der Waals surface area contributed by atoms with Gasteiger partial charge in [0.05, 0.1) is 0 Å². The average Bonchev–Trinajstić information content (AvgIpc) is 2.88. The summed E-state index contributed by atoms with van der Waals surface area (Å²) in [5.74, 6) is -0.00549. The van der Waals surface area contributed by atoms with E-state index in [2.05, 4.69) is 10.6 Å². The predicted octanol–water partition coefficient (Wildman–Crippen LogP) is 1.92. The number of hydrogen-bond donors (Lipinski definition) is 2. The minimum atomic E-state index is -0.511. The summed E-state index contributed by atoms with van der Waals surface area (Å²) in [4.78, 5) is 26.3. The van der Waals surface area contributed by atoms with Crippen molar-refractivity contribution in [3.05, 3.63) is 29.8 Å². The van der Waals surface area contributed by atoms with Gasteiger partial charge in [0.1, 0.15) is 6.04 Å². The molecule has 3 amide bonds. The summed E-state index contributed by atoms with van der Waals surface area (Å²) in [7, 11) is 0. The highest BCUT2D eigenvalue weighted by atomic mass is 16.2. The number of urea groups is 1. The van der Waals surface area contributed by atoms with Gasteiger partial charge in [-0.15, -0.1) is 0 Å². The Balaban J connectivity index is 2.15. The van der Waals surface area contributed by atoms with Gasteiger partial charge in [0.25, 0.3) is 0 Å². The molecular formula is C16H23N3O2. The molecule has 1 aromatic carbocycles. The normalized spacial score (nSPS) is 14.8. The largest absolute Gasteiger partial charge is 0.338 e. The zero-order chi connectivity index (χ0) is 15.4. The third kappa shape index (κ3) is 3.35. The SMILES string of the molecule is CCNC(=O)N[C@H](C(=O)N1CCc2ccccc21)C(C)C. The van der Waals surface area contributed by atoms with Gasteiger partial charge >= 0.3 is 6.03 Å². The summed E-state index contributed by atoms with van der Waals surface area (Å²) in [5, 5.41) is 5.46. The van der Waals surface area contributed by atoms with Crippen LogP contribution in [0.4, 0.5) is 10.5 Å². The molecular weight excluding hydrogens is 266 g/mol. The molecule has 1 aliphatic heterocycles. The molecule has 0 saturated carbocycles. The Kier molecular flexibility index (Phi) is 4.83. The van der Waals surface area contributed by atoms with Crippen molar-refractivity contribution in [2.75, 3.05) is 18.0 Å². The van der Waals surface area contributed by atoms with E-state index in [1.54, 1.807) is 4.90 Å². The number of anilines is 1. The van der Waals surface area contributed by atoms with Crippen molar-refractivity contribution in [3.8, 4) is 0 Å². The molecule has 1 aliphatic rings. The fourth-order valence-electron chi connectivity index (χ4n) is 2.60. The maximum Gasteiger partial charge on any atom is 0.315 e. The van der Waals surface area contributed by atoms with Gasteiger partial charge in [-0.25, -0.2) is 4.79 Å². The van der Waals surface area contributed by atoms with Crippen LogP contribution in [0.15, 0.2) is 24.3 Å². The Hall–Kier alpha value is -2.04. The molecule has 1 aromatic rings. The summed E-state index contributed by atoms with van der Waals surface area (Å²) in [5.41, 5.74) is 2.15. The van der Waals surface area contributed by atoms with Crippen LogP contribution in [0.1, 0.15) is 26.3 Å². The first kappa shape index (κ1) is 15.4. The topological polar surface area (TPSA) is 61.4 Å². The van der Waals surface area contributed by atoms with Gasteiger partial charge in [-0.1, -0.05) is 32.0 Å². The van der Waals surface area contributed by atoms with Gasteiger partial charge in [-0.3, -0.25) is 4.79 Å². The van der Waals surface area contributed by atoms with Crippen LogP contribution in [0, 0.1) is 5.92 Å². The van der Waals surface area contributed by atoms with Crippen LogP contribution in [0.5, 0.6) is 0 Å². The summed E-state index contributed by atoms with van der Waals surface area (Å²) in [6.45, 7) is 6.95. The Morgan fingerprint density at radius 1 is 1.29 bits per heavy atom. The van der Waals surface area contributed by atoms with Crippen LogP contribution in [0.3, 0.4) is 0 Å². The molecule has 1 atom stereocenters. The van der Waals surface area contributed by atoms with E-state index < -0.39 is 6.04 Å². The third-order valence-corrected chi connectivity index (χ3v) is 3.71. The Labute approximate surface area is 125 Å². The number of rotatable bonds is 4. The van der Waals surface area contributed by atoms with E-state index in [1.165, 1.54) is 5.56 Å². The van der Waals surface area contributed by atoms with Crippen LogP contribution < -0.4 is 15.5 Å². The lowest BCUT2D eigenvalue weighted by atomic mass is 10.0. The Bertz CT molecular complexity index is 528. The standard InChI is InChI=1S/C16H23N3O2/c1-4-17-16(21)18-14(11(2)3)15(20)19-10-9-12-7-5-6-8-13(12)19/h5-8,11,14H,4,9-10H2,1-3H3,(H2,17,18,21)/t14-/m0/s1. The molecule has 0 fully saturated rings. The quantitative estimate of drug-likeness (QED) is 0.889. The van der Waals surface area contributed by atoms with Crippen molar-refractivity contribution in [2.45, 2.75) is 33.2 Å². The maximum atomic E-state index is 12.8. The molecule has 0 spiro atoms. The highest BCUT2D eigenvalue weighted by molar-refractivity contribution is 6.00. The highest BCUT2D eigenvalue weighted by Gasteiger charge is 2.32. The Morgan fingerprint density at radius 2 is 2.00 bits per heavy atom. The van der Waals surface area contributed by atoms with Gasteiger partial charge in [0, 0.05) is 18.8 Å². The summed E-state index contributed by atoms with van der Waals surface area (Å²) in [6, 6.07) is 7.12. The fourth-order valence-corrected chi connectivity index (χ4v) is 2.60. The first-order valence-corrected chi connectivity index (χ1v) is 7.48. The fraction of sp³-hybridized carbons (Fsp3) is 0.500. The number of carbonyl (C=O) groups excluding carboxylic acids is 2. The number of carbonyl (C=O) groups is 2. The summed E-state index contributed by atoms with van der Waals surface area (Å²) in [6.07, 6.45) is 0.869. The number of benzene rings is 1. The zero-order valence-corrected chi connectivity index (χ0v) is 12.8. The molecule has 0 aliphatic carbocycles. The smallest absolute Gasteiger partial charge is 0.315 e. The van der Waals surface area contributed by atoms with Crippen molar-refractivity contribution in [1.29, 1.82) is 0 Å². The second-order valence-electron chi connectivity index (χ2n) is 5.59. The first-order valence-electron chi connectivity index (χ1n) is 7.48.